The maximum absolute atomic E-state index is 13.0. The molecule has 1 saturated carbocycles. The van der Waals surface area contributed by atoms with E-state index in [9.17, 15) is 4.79 Å². The van der Waals surface area contributed by atoms with Gasteiger partial charge >= 0.3 is 0 Å². The Morgan fingerprint density at radius 3 is 2.65 bits per heavy atom. The van der Waals surface area contributed by atoms with Crippen molar-refractivity contribution in [3.05, 3.63) is 0 Å². The zero-order chi connectivity index (χ0) is 14.2. The van der Waals surface area contributed by atoms with Crippen LogP contribution in [0.5, 0.6) is 0 Å². The first-order valence-corrected chi connectivity index (χ1v) is 8.31. The van der Waals surface area contributed by atoms with Gasteiger partial charge in [0.15, 0.2) is 0 Å². The minimum Gasteiger partial charge on any atom is -0.373 e. The van der Waals surface area contributed by atoms with Crippen LogP contribution in [0, 0.1) is 0 Å². The summed E-state index contributed by atoms with van der Waals surface area (Å²) in [5, 5.41) is 3.68. The molecule has 1 spiro atoms. The van der Waals surface area contributed by atoms with Crippen LogP contribution in [0.1, 0.15) is 65.2 Å². The summed E-state index contributed by atoms with van der Waals surface area (Å²) in [6, 6.07) is 0. The van der Waals surface area contributed by atoms with Crippen LogP contribution in [-0.4, -0.2) is 41.3 Å². The number of carbonyl (C=O) groups is 1. The van der Waals surface area contributed by atoms with Gasteiger partial charge in [-0.1, -0.05) is 26.2 Å². The van der Waals surface area contributed by atoms with Gasteiger partial charge in [0, 0.05) is 6.61 Å². The van der Waals surface area contributed by atoms with Gasteiger partial charge in [-0.05, 0) is 39.0 Å². The SMILES string of the molecule is CCCC1NC2(CCCC2)C(=O)N1CC1(C)CCCO1. The molecule has 20 heavy (non-hydrogen) atoms. The van der Waals surface area contributed by atoms with Gasteiger partial charge in [0.2, 0.25) is 5.91 Å². The number of nitrogens with one attached hydrogen (secondary N) is 1. The number of amides is 1. The lowest BCUT2D eigenvalue weighted by atomic mass is 9.97. The summed E-state index contributed by atoms with van der Waals surface area (Å²) in [4.78, 5) is 15.1. The Morgan fingerprint density at radius 2 is 2.05 bits per heavy atom. The molecule has 4 nitrogen and oxygen atoms in total. The molecule has 3 rings (SSSR count). The third-order valence-electron chi connectivity index (χ3n) is 5.31. The number of nitrogens with zero attached hydrogens (tertiary/aromatic N) is 1. The highest BCUT2D eigenvalue weighted by Gasteiger charge is 2.53. The molecular weight excluding hydrogens is 252 g/mol. The zero-order valence-electron chi connectivity index (χ0n) is 12.9. The second kappa shape index (κ2) is 5.30. The Morgan fingerprint density at radius 1 is 1.30 bits per heavy atom. The Hall–Kier alpha value is -0.610. The van der Waals surface area contributed by atoms with Gasteiger partial charge in [0.1, 0.15) is 0 Å². The third-order valence-corrected chi connectivity index (χ3v) is 5.31. The highest BCUT2D eigenvalue weighted by atomic mass is 16.5. The Labute approximate surface area is 122 Å². The fourth-order valence-corrected chi connectivity index (χ4v) is 4.22. The van der Waals surface area contributed by atoms with Gasteiger partial charge in [-0.25, -0.2) is 0 Å². The lowest BCUT2D eigenvalue weighted by Gasteiger charge is -2.32. The topological polar surface area (TPSA) is 41.6 Å². The zero-order valence-corrected chi connectivity index (χ0v) is 12.9. The minimum absolute atomic E-state index is 0.131. The van der Waals surface area contributed by atoms with Gasteiger partial charge < -0.3 is 9.64 Å². The van der Waals surface area contributed by atoms with Gasteiger partial charge in [-0.15, -0.1) is 0 Å². The smallest absolute Gasteiger partial charge is 0.244 e. The van der Waals surface area contributed by atoms with E-state index in [2.05, 4.69) is 24.1 Å². The number of carbonyl (C=O) groups excluding carboxylic acids is 1. The van der Waals surface area contributed by atoms with Crippen molar-refractivity contribution in [3.63, 3.8) is 0 Å². The van der Waals surface area contributed by atoms with Crippen molar-refractivity contribution in [1.82, 2.24) is 10.2 Å². The minimum atomic E-state index is -0.241. The molecule has 2 unspecified atom stereocenters. The van der Waals surface area contributed by atoms with Gasteiger partial charge in [-0.3, -0.25) is 10.1 Å². The van der Waals surface area contributed by atoms with E-state index in [1.54, 1.807) is 0 Å². The molecule has 4 heteroatoms. The fourth-order valence-electron chi connectivity index (χ4n) is 4.22. The van der Waals surface area contributed by atoms with Crippen LogP contribution in [0.2, 0.25) is 0 Å². The monoisotopic (exact) mass is 280 g/mol. The molecule has 2 saturated heterocycles. The molecule has 0 aromatic heterocycles. The lowest BCUT2D eigenvalue weighted by Crippen LogP contribution is -2.47. The van der Waals surface area contributed by atoms with E-state index in [4.69, 9.17) is 4.74 Å². The number of ether oxygens (including phenoxy) is 1. The summed E-state index contributed by atoms with van der Waals surface area (Å²) in [6.07, 6.45) is 8.95. The van der Waals surface area contributed by atoms with E-state index in [1.807, 2.05) is 0 Å². The molecule has 1 N–H and O–H groups in total. The second-order valence-electron chi connectivity index (χ2n) is 7.07. The number of hydrogen-bond acceptors (Lipinski definition) is 3. The first-order valence-electron chi connectivity index (χ1n) is 8.31. The standard InChI is InChI=1S/C16H28N2O2/c1-3-7-13-17-16(9-4-5-10-16)14(19)18(13)12-15(2)8-6-11-20-15/h13,17H,3-12H2,1-2H3. The Kier molecular flexibility index (Phi) is 3.80. The molecule has 0 aromatic carbocycles. The molecule has 3 fully saturated rings. The highest BCUT2D eigenvalue weighted by molar-refractivity contribution is 5.89. The van der Waals surface area contributed by atoms with Gasteiger partial charge in [0.05, 0.1) is 23.9 Å². The van der Waals surface area contributed by atoms with Crippen molar-refractivity contribution in [3.8, 4) is 0 Å². The first-order chi connectivity index (χ1) is 9.59. The maximum atomic E-state index is 13.0. The summed E-state index contributed by atoms with van der Waals surface area (Å²) in [5.74, 6) is 0.338. The molecule has 0 bridgehead atoms. The van der Waals surface area contributed by atoms with Gasteiger partial charge in [-0.2, -0.15) is 0 Å². The van der Waals surface area contributed by atoms with Crippen molar-refractivity contribution in [1.29, 1.82) is 0 Å². The summed E-state index contributed by atoms with van der Waals surface area (Å²) >= 11 is 0. The van der Waals surface area contributed by atoms with Crippen molar-refractivity contribution in [2.45, 2.75) is 82.5 Å². The summed E-state index contributed by atoms with van der Waals surface area (Å²) in [6.45, 7) is 5.95. The van der Waals surface area contributed by atoms with Crippen LogP contribution in [0.4, 0.5) is 0 Å². The van der Waals surface area contributed by atoms with Crippen LogP contribution >= 0.6 is 0 Å². The van der Waals surface area contributed by atoms with Gasteiger partial charge in [0.25, 0.3) is 0 Å². The average molecular weight is 280 g/mol. The maximum Gasteiger partial charge on any atom is 0.244 e. The lowest BCUT2D eigenvalue weighted by molar-refractivity contribution is -0.136. The quantitative estimate of drug-likeness (QED) is 0.860. The molecule has 1 amide bonds. The molecule has 1 aliphatic carbocycles. The van der Waals surface area contributed by atoms with Crippen LogP contribution < -0.4 is 5.32 Å². The summed E-state index contributed by atoms with van der Waals surface area (Å²) in [5.41, 5.74) is -0.373. The predicted octanol–water partition coefficient (Wildman–Crippen LogP) is 2.43. The van der Waals surface area contributed by atoms with E-state index >= 15 is 0 Å². The average Bonchev–Trinajstić information content (AvgIpc) is 3.10. The van der Waals surface area contributed by atoms with Crippen molar-refractivity contribution >= 4 is 5.91 Å². The molecule has 2 heterocycles. The molecule has 2 aliphatic heterocycles. The molecule has 3 aliphatic rings. The fraction of sp³-hybridized carbons (Fsp3) is 0.938. The van der Waals surface area contributed by atoms with E-state index in [1.165, 1.54) is 12.8 Å². The Balaban J connectivity index is 1.77. The molecule has 114 valence electrons. The largest absolute Gasteiger partial charge is 0.373 e. The van der Waals surface area contributed by atoms with Crippen LogP contribution in [0.15, 0.2) is 0 Å². The van der Waals surface area contributed by atoms with Crippen molar-refractivity contribution < 1.29 is 9.53 Å². The van der Waals surface area contributed by atoms with E-state index in [0.29, 0.717) is 5.91 Å². The van der Waals surface area contributed by atoms with Crippen molar-refractivity contribution in [2.75, 3.05) is 13.2 Å². The second-order valence-corrected chi connectivity index (χ2v) is 7.07. The molecular formula is C16H28N2O2. The van der Waals surface area contributed by atoms with E-state index in [-0.39, 0.29) is 17.3 Å². The van der Waals surface area contributed by atoms with Crippen molar-refractivity contribution in [2.24, 2.45) is 0 Å². The van der Waals surface area contributed by atoms with E-state index in [0.717, 1.165) is 51.7 Å². The molecule has 2 atom stereocenters. The highest BCUT2D eigenvalue weighted by Crippen LogP contribution is 2.39. The molecule has 0 aromatic rings. The first kappa shape index (κ1) is 14.3. The normalized spacial score (nSPS) is 36.4. The summed E-state index contributed by atoms with van der Waals surface area (Å²) < 4.78 is 5.91. The summed E-state index contributed by atoms with van der Waals surface area (Å²) in [7, 11) is 0. The predicted molar refractivity (Wildman–Crippen MR) is 78.3 cm³/mol. The number of rotatable bonds is 4. The van der Waals surface area contributed by atoms with E-state index < -0.39 is 0 Å². The third kappa shape index (κ3) is 2.37. The van der Waals surface area contributed by atoms with Crippen LogP contribution in [-0.2, 0) is 9.53 Å². The van der Waals surface area contributed by atoms with Crippen LogP contribution in [0.25, 0.3) is 0 Å². The number of hydrogen-bond donors (Lipinski definition) is 1. The Bertz CT molecular complexity index is 371. The van der Waals surface area contributed by atoms with Crippen LogP contribution in [0.3, 0.4) is 0 Å². The molecule has 0 radical (unpaired) electrons.